The third-order valence-electron chi connectivity index (χ3n) is 4.78. The van der Waals surface area contributed by atoms with Crippen molar-refractivity contribution in [1.29, 1.82) is 0 Å². The average molecular weight is 274 g/mol. The van der Waals surface area contributed by atoms with Crippen molar-refractivity contribution in [2.75, 3.05) is 13.7 Å². The summed E-state index contributed by atoms with van der Waals surface area (Å²) in [6.45, 7) is 1.15. The third kappa shape index (κ3) is 3.32. The highest BCUT2D eigenvalue weighted by Crippen LogP contribution is 2.39. The topological polar surface area (TPSA) is 34.1 Å². The molecule has 0 radical (unpaired) electrons. The Bertz CT molecular complexity index is 431. The first-order valence-corrected chi connectivity index (χ1v) is 8.10. The normalized spacial score (nSPS) is 27.1. The molecule has 0 amide bonds. The number of nitrogens with one attached hydrogen (secondary N) is 1. The van der Waals surface area contributed by atoms with Crippen LogP contribution < -0.4 is 10.1 Å². The Kier molecular flexibility index (Phi) is 4.56. The molecule has 0 aromatic carbocycles. The van der Waals surface area contributed by atoms with Crippen molar-refractivity contribution in [1.82, 2.24) is 10.3 Å². The number of hydrogen-bond acceptors (Lipinski definition) is 3. The molecule has 3 nitrogen and oxygen atoms in total. The molecule has 0 bridgehead atoms. The van der Waals surface area contributed by atoms with E-state index in [-0.39, 0.29) is 0 Å². The van der Waals surface area contributed by atoms with Crippen LogP contribution in [0.1, 0.15) is 56.6 Å². The van der Waals surface area contributed by atoms with Gasteiger partial charge in [0.05, 0.1) is 12.8 Å². The first-order chi connectivity index (χ1) is 9.88. The second-order valence-corrected chi connectivity index (χ2v) is 6.28. The van der Waals surface area contributed by atoms with E-state index in [9.17, 15) is 0 Å². The van der Waals surface area contributed by atoms with E-state index in [1.807, 2.05) is 12.3 Å². The van der Waals surface area contributed by atoms with Crippen molar-refractivity contribution in [3.8, 4) is 5.75 Å². The molecule has 0 aliphatic heterocycles. The van der Waals surface area contributed by atoms with E-state index >= 15 is 0 Å². The largest absolute Gasteiger partial charge is 0.495 e. The van der Waals surface area contributed by atoms with E-state index in [1.165, 1.54) is 50.6 Å². The molecule has 110 valence electrons. The Balaban J connectivity index is 1.77. The van der Waals surface area contributed by atoms with E-state index in [4.69, 9.17) is 4.74 Å². The van der Waals surface area contributed by atoms with Crippen LogP contribution in [-0.2, 0) is 0 Å². The average Bonchev–Trinajstić information content (AvgIpc) is 3.32. The van der Waals surface area contributed by atoms with Crippen LogP contribution in [0, 0.1) is 5.92 Å². The minimum Gasteiger partial charge on any atom is -0.495 e. The zero-order valence-electron chi connectivity index (χ0n) is 12.5. The predicted octanol–water partition coefficient (Wildman–Crippen LogP) is 3.51. The molecular weight excluding hydrogens is 248 g/mol. The second-order valence-electron chi connectivity index (χ2n) is 6.28. The van der Waals surface area contributed by atoms with Crippen molar-refractivity contribution < 1.29 is 4.74 Å². The van der Waals surface area contributed by atoms with Crippen molar-refractivity contribution in [2.45, 2.75) is 56.9 Å². The monoisotopic (exact) mass is 274 g/mol. The van der Waals surface area contributed by atoms with Gasteiger partial charge in [-0.1, -0.05) is 19.3 Å². The maximum Gasteiger partial charge on any atom is 0.140 e. The van der Waals surface area contributed by atoms with Gasteiger partial charge in [0.15, 0.2) is 0 Å². The Labute approximate surface area is 122 Å². The zero-order valence-corrected chi connectivity index (χ0v) is 12.5. The molecule has 1 N–H and O–H groups in total. The number of methoxy groups -OCH3 is 1. The second kappa shape index (κ2) is 6.57. The first-order valence-electron chi connectivity index (χ1n) is 8.10. The lowest BCUT2D eigenvalue weighted by Crippen LogP contribution is -2.29. The Hall–Kier alpha value is -1.09. The fourth-order valence-electron chi connectivity index (χ4n) is 3.45. The molecule has 2 saturated carbocycles. The SMILES string of the molecule is COc1cccnc1C1CCCCCC1CNC1CC1. The van der Waals surface area contributed by atoms with Gasteiger partial charge in [-0.25, -0.2) is 0 Å². The first kappa shape index (κ1) is 13.9. The van der Waals surface area contributed by atoms with Gasteiger partial charge in [-0.2, -0.15) is 0 Å². The van der Waals surface area contributed by atoms with E-state index in [0.717, 1.165) is 18.3 Å². The van der Waals surface area contributed by atoms with Gasteiger partial charge < -0.3 is 10.1 Å². The van der Waals surface area contributed by atoms with Gasteiger partial charge in [0.25, 0.3) is 0 Å². The lowest BCUT2D eigenvalue weighted by molar-refractivity contribution is 0.347. The summed E-state index contributed by atoms with van der Waals surface area (Å²) in [5.74, 6) is 2.23. The summed E-state index contributed by atoms with van der Waals surface area (Å²) in [5, 5.41) is 3.72. The zero-order chi connectivity index (χ0) is 13.8. The van der Waals surface area contributed by atoms with Gasteiger partial charge in [-0.05, 0) is 50.3 Å². The number of aromatic nitrogens is 1. The summed E-state index contributed by atoms with van der Waals surface area (Å²) < 4.78 is 5.54. The van der Waals surface area contributed by atoms with Crippen LogP contribution >= 0.6 is 0 Å². The van der Waals surface area contributed by atoms with Crippen LogP contribution in [0.4, 0.5) is 0 Å². The molecule has 2 fully saturated rings. The number of hydrogen-bond donors (Lipinski definition) is 1. The molecule has 3 heteroatoms. The summed E-state index contributed by atoms with van der Waals surface area (Å²) in [7, 11) is 1.76. The Morgan fingerprint density at radius 2 is 2.05 bits per heavy atom. The Morgan fingerprint density at radius 1 is 1.20 bits per heavy atom. The van der Waals surface area contributed by atoms with Crippen LogP contribution in [0.5, 0.6) is 5.75 Å². The lowest BCUT2D eigenvalue weighted by Gasteiger charge is -2.26. The third-order valence-corrected chi connectivity index (χ3v) is 4.78. The van der Waals surface area contributed by atoms with E-state index in [2.05, 4.69) is 16.4 Å². The van der Waals surface area contributed by atoms with Gasteiger partial charge in [-0.3, -0.25) is 4.98 Å². The van der Waals surface area contributed by atoms with Crippen LogP contribution in [-0.4, -0.2) is 24.7 Å². The summed E-state index contributed by atoms with van der Waals surface area (Å²) in [6.07, 6.45) is 11.3. The van der Waals surface area contributed by atoms with Gasteiger partial charge in [-0.15, -0.1) is 0 Å². The lowest BCUT2D eigenvalue weighted by atomic mass is 9.84. The molecule has 0 saturated heterocycles. The summed E-state index contributed by atoms with van der Waals surface area (Å²) in [4.78, 5) is 4.66. The predicted molar refractivity (Wildman–Crippen MR) is 81.1 cm³/mol. The summed E-state index contributed by atoms with van der Waals surface area (Å²) in [5.41, 5.74) is 1.18. The molecule has 2 unspecified atom stereocenters. The maximum atomic E-state index is 5.54. The molecule has 1 aromatic heterocycles. The van der Waals surface area contributed by atoms with Crippen LogP contribution in [0.25, 0.3) is 0 Å². The van der Waals surface area contributed by atoms with E-state index in [0.29, 0.717) is 11.8 Å². The number of pyridine rings is 1. The highest BCUT2D eigenvalue weighted by Gasteiger charge is 2.30. The van der Waals surface area contributed by atoms with Crippen LogP contribution in [0.3, 0.4) is 0 Å². The number of ether oxygens (including phenoxy) is 1. The minimum absolute atomic E-state index is 0.555. The summed E-state index contributed by atoms with van der Waals surface area (Å²) in [6, 6.07) is 4.82. The van der Waals surface area contributed by atoms with E-state index in [1.54, 1.807) is 7.11 Å². The molecule has 20 heavy (non-hydrogen) atoms. The van der Waals surface area contributed by atoms with E-state index < -0.39 is 0 Å². The maximum absolute atomic E-state index is 5.54. The standard InChI is InChI=1S/C17H26N2O/c1-20-16-8-5-11-18-17(16)15-7-4-2-3-6-13(15)12-19-14-9-10-14/h5,8,11,13-15,19H,2-4,6-7,9-10,12H2,1H3. The summed E-state index contributed by atoms with van der Waals surface area (Å²) >= 11 is 0. The Morgan fingerprint density at radius 3 is 2.85 bits per heavy atom. The smallest absolute Gasteiger partial charge is 0.140 e. The number of rotatable bonds is 5. The molecule has 1 heterocycles. The van der Waals surface area contributed by atoms with Crippen molar-refractivity contribution in [3.05, 3.63) is 24.0 Å². The molecule has 0 spiro atoms. The van der Waals surface area contributed by atoms with Gasteiger partial charge in [0.1, 0.15) is 5.75 Å². The molecule has 2 aliphatic carbocycles. The number of nitrogens with zero attached hydrogens (tertiary/aromatic N) is 1. The van der Waals surface area contributed by atoms with Gasteiger partial charge in [0.2, 0.25) is 0 Å². The van der Waals surface area contributed by atoms with Gasteiger partial charge >= 0.3 is 0 Å². The highest BCUT2D eigenvalue weighted by molar-refractivity contribution is 5.30. The van der Waals surface area contributed by atoms with Crippen molar-refractivity contribution >= 4 is 0 Å². The highest BCUT2D eigenvalue weighted by atomic mass is 16.5. The fourth-order valence-corrected chi connectivity index (χ4v) is 3.45. The van der Waals surface area contributed by atoms with Crippen molar-refractivity contribution in [2.24, 2.45) is 5.92 Å². The molecule has 2 atom stereocenters. The quantitative estimate of drug-likeness (QED) is 0.834. The fraction of sp³-hybridized carbons (Fsp3) is 0.706. The van der Waals surface area contributed by atoms with Crippen LogP contribution in [0.2, 0.25) is 0 Å². The molecule has 1 aromatic rings. The molecule has 2 aliphatic rings. The van der Waals surface area contributed by atoms with Crippen molar-refractivity contribution in [3.63, 3.8) is 0 Å². The minimum atomic E-state index is 0.555. The van der Waals surface area contributed by atoms with Gasteiger partial charge in [0, 0.05) is 18.2 Å². The van der Waals surface area contributed by atoms with Crippen LogP contribution in [0.15, 0.2) is 18.3 Å². The molecule has 3 rings (SSSR count). The molecular formula is C17H26N2O.